The van der Waals surface area contributed by atoms with Crippen molar-refractivity contribution >= 4 is 21.6 Å². The third kappa shape index (κ3) is 3.40. The van der Waals surface area contributed by atoms with Crippen molar-refractivity contribution in [2.75, 3.05) is 0 Å². The van der Waals surface area contributed by atoms with Gasteiger partial charge < -0.3 is 0 Å². The lowest BCUT2D eigenvalue weighted by Gasteiger charge is -2.07. The predicted molar refractivity (Wildman–Crippen MR) is 90.7 cm³/mol. The Hall–Kier alpha value is -1.93. The maximum Gasteiger partial charge on any atom is 0.0495 e. The van der Waals surface area contributed by atoms with Crippen LogP contribution in [0.4, 0.5) is 0 Å². The van der Waals surface area contributed by atoms with Crippen LogP contribution in [0.1, 0.15) is 16.7 Å². The van der Waals surface area contributed by atoms with Crippen LogP contribution >= 0.6 is 0 Å². The van der Waals surface area contributed by atoms with Crippen molar-refractivity contribution in [2.24, 2.45) is 0 Å². The summed E-state index contributed by atoms with van der Waals surface area (Å²) in [7, 11) is -0.885. The molecule has 0 aliphatic heterocycles. The molecule has 2 heteroatoms. The van der Waals surface area contributed by atoms with Gasteiger partial charge in [0.15, 0.2) is 0 Å². The van der Waals surface area contributed by atoms with Gasteiger partial charge in [0.1, 0.15) is 0 Å². The molecule has 0 fully saturated rings. The van der Waals surface area contributed by atoms with Crippen molar-refractivity contribution in [3.05, 3.63) is 83.4 Å². The van der Waals surface area contributed by atoms with E-state index in [1.807, 2.05) is 18.2 Å². The summed E-state index contributed by atoms with van der Waals surface area (Å²) in [5, 5.41) is 2.42. The Balaban J connectivity index is 1.79. The van der Waals surface area contributed by atoms with E-state index in [-0.39, 0.29) is 0 Å². The zero-order valence-electron chi connectivity index (χ0n) is 12.1. The molecule has 1 unspecified atom stereocenters. The Bertz CT molecular complexity index is 770. The van der Waals surface area contributed by atoms with E-state index in [9.17, 15) is 4.21 Å². The lowest BCUT2D eigenvalue weighted by molar-refractivity contribution is 0.682. The molecule has 3 rings (SSSR count). The van der Waals surface area contributed by atoms with Gasteiger partial charge in [-0.15, -0.1) is 0 Å². The minimum atomic E-state index is -0.885. The fraction of sp³-hybridized carbons (Fsp3) is 0.158. The Kier molecular flexibility index (Phi) is 4.16. The van der Waals surface area contributed by atoms with Crippen LogP contribution in [0.15, 0.2) is 66.7 Å². The summed E-state index contributed by atoms with van der Waals surface area (Å²) in [4.78, 5) is 0. The summed E-state index contributed by atoms with van der Waals surface area (Å²) in [6.45, 7) is 2.07. The highest BCUT2D eigenvalue weighted by Gasteiger charge is 2.06. The molecule has 3 aromatic rings. The average Bonchev–Trinajstić information content (AvgIpc) is 2.50. The molecule has 0 bridgehead atoms. The van der Waals surface area contributed by atoms with Crippen LogP contribution in [0.5, 0.6) is 0 Å². The molecule has 0 N–H and O–H groups in total. The Morgan fingerprint density at radius 2 is 1.52 bits per heavy atom. The topological polar surface area (TPSA) is 17.1 Å². The van der Waals surface area contributed by atoms with Crippen LogP contribution in [0.2, 0.25) is 0 Å². The molecule has 1 nitrogen and oxygen atoms in total. The number of rotatable bonds is 4. The Labute approximate surface area is 128 Å². The zero-order chi connectivity index (χ0) is 14.7. The summed E-state index contributed by atoms with van der Waals surface area (Å²) in [5.74, 6) is 1.22. The summed E-state index contributed by atoms with van der Waals surface area (Å²) in [6, 6.07) is 22.8. The lowest BCUT2D eigenvalue weighted by Crippen LogP contribution is -2.00. The number of hydrogen-bond acceptors (Lipinski definition) is 1. The second-order valence-corrected chi connectivity index (χ2v) is 6.81. The quantitative estimate of drug-likeness (QED) is 0.687. The second kappa shape index (κ2) is 6.23. The predicted octanol–water partition coefficient (Wildman–Crippen LogP) is 4.60. The van der Waals surface area contributed by atoms with E-state index in [1.54, 1.807) is 0 Å². The fourth-order valence-electron chi connectivity index (χ4n) is 2.51. The number of benzene rings is 3. The first-order valence-corrected chi connectivity index (χ1v) is 8.58. The maximum absolute atomic E-state index is 12.4. The van der Waals surface area contributed by atoms with E-state index in [1.165, 1.54) is 21.9 Å². The monoisotopic (exact) mass is 294 g/mol. The maximum atomic E-state index is 12.4. The van der Waals surface area contributed by atoms with Crippen LogP contribution in [0, 0.1) is 6.92 Å². The van der Waals surface area contributed by atoms with Crippen molar-refractivity contribution in [3.8, 4) is 0 Å². The molecule has 1 atom stereocenters. The first-order chi connectivity index (χ1) is 10.2. The van der Waals surface area contributed by atoms with Crippen LogP contribution in [0.3, 0.4) is 0 Å². The number of hydrogen-bond donors (Lipinski definition) is 0. The van der Waals surface area contributed by atoms with E-state index in [0.717, 1.165) is 5.56 Å². The van der Waals surface area contributed by atoms with Gasteiger partial charge in [-0.05, 0) is 28.8 Å². The summed E-state index contributed by atoms with van der Waals surface area (Å²) >= 11 is 0. The molecule has 0 saturated heterocycles. The largest absolute Gasteiger partial charge is 0.259 e. The molecule has 106 valence electrons. The normalized spacial score (nSPS) is 12.4. The van der Waals surface area contributed by atoms with Gasteiger partial charge in [-0.25, -0.2) is 0 Å². The molecule has 21 heavy (non-hydrogen) atoms. The molecule has 0 saturated carbocycles. The zero-order valence-corrected chi connectivity index (χ0v) is 12.9. The molecule has 0 spiro atoms. The molecule has 0 aliphatic rings. The van der Waals surface area contributed by atoms with Crippen LogP contribution in [0.25, 0.3) is 10.8 Å². The fourth-order valence-corrected chi connectivity index (χ4v) is 3.78. The molecule has 0 amide bonds. The van der Waals surface area contributed by atoms with E-state index in [2.05, 4.69) is 55.5 Å². The summed E-state index contributed by atoms with van der Waals surface area (Å²) in [5.41, 5.74) is 3.54. The summed E-state index contributed by atoms with van der Waals surface area (Å²) < 4.78 is 12.4. The van der Waals surface area contributed by atoms with E-state index in [4.69, 9.17) is 0 Å². The standard InChI is InChI=1S/C19H18OS/c1-15-9-11-16(12-10-15)13-21(20)14-18-7-4-6-17-5-2-3-8-19(17)18/h2-12H,13-14H2,1H3. The van der Waals surface area contributed by atoms with Crippen molar-refractivity contribution in [1.29, 1.82) is 0 Å². The molecule has 3 aromatic carbocycles. The third-order valence-electron chi connectivity index (χ3n) is 3.64. The highest BCUT2D eigenvalue weighted by Crippen LogP contribution is 2.20. The van der Waals surface area contributed by atoms with Gasteiger partial charge in [0, 0.05) is 22.3 Å². The van der Waals surface area contributed by atoms with Gasteiger partial charge in [0.25, 0.3) is 0 Å². The molecule has 0 aliphatic carbocycles. The highest BCUT2D eigenvalue weighted by molar-refractivity contribution is 7.83. The minimum absolute atomic E-state index is 0.606. The molecular weight excluding hydrogens is 276 g/mol. The van der Waals surface area contributed by atoms with E-state index in [0.29, 0.717) is 11.5 Å². The number of fused-ring (bicyclic) bond motifs is 1. The highest BCUT2D eigenvalue weighted by atomic mass is 32.2. The van der Waals surface area contributed by atoms with Crippen molar-refractivity contribution < 1.29 is 4.21 Å². The Morgan fingerprint density at radius 1 is 0.810 bits per heavy atom. The number of aryl methyl sites for hydroxylation is 1. The lowest BCUT2D eigenvalue weighted by atomic mass is 10.1. The Morgan fingerprint density at radius 3 is 2.33 bits per heavy atom. The molecule has 0 aromatic heterocycles. The van der Waals surface area contributed by atoms with E-state index >= 15 is 0 Å². The van der Waals surface area contributed by atoms with Crippen molar-refractivity contribution in [1.82, 2.24) is 0 Å². The minimum Gasteiger partial charge on any atom is -0.259 e. The van der Waals surface area contributed by atoms with Gasteiger partial charge in [-0.3, -0.25) is 4.21 Å². The van der Waals surface area contributed by atoms with Crippen LogP contribution in [-0.2, 0) is 22.3 Å². The smallest absolute Gasteiger partial charge is 0.0495 e. The summed E-state index contributed by atoms with van der Waals surface area (Å²) in [6.07, 6.45) is 0. The average molecular weight is 294 g/mol. The SMILES string of the molecule is Cc1ccc(CS(=O)Cc2cccc3ccccc23)cc1. The van der Waals surface area contributed by atoms with Gasteiger partial charge >= 0.3 is 0 Å². The first kappa shape index (κ1) is 14.0. The second-order valence-electron chi connectivity index (χ2n) is 5.35. The first-order valence-electron chi connectivity index (χ1n) is 7.09. The van der Waals surface area contributed by atoms with Gasteiger partial charge in [-0.2, -0.15) is 0 Å². The van der Waals surface area contributed by atoms with Crippen LogP contribution in [-0.4, -0.2) is 4.21 Å². The van der Waals surface area contributed by atoms with Crippen LogP contribution < -0.4 is 0 Å². The van der Waals surface area contributed by atoms with E-state index < -0.39 is 10.8 Å². The van der Waals surface area contributed by atoms with Gasteiger partial charge in [0.2, 0.25) is 0 Å². The third-order valence-corrected chi connectivity index (χ3v) is 4.93. The van der Waals surface area contributed by atoms with Gasteiger partial charge in [0.05, 0.1) is 0 Å². The molecule has 0 heterocycles. The van der Waals surface area contributed by atoms with Crippen molar-refractivity contribution in [3.63, 3.8) is 0 Å². The van der Waals surface area contributed by atoms with Gasteiger partial charge in [-0.1, -0.05) is 72.3 Å². The van der Waals surface area contributed by atoms with Crippen molar-refractivity contribution in [2.45, 2.75) is 18.4 Å². The molecule has 0 radical (unpaired) electrons. The molecular formula is C19H18OS.